The van der Waals surface area contributed by atoms with E-state index in [2.05, 4.69) is 10.6 Å². The van der Waals surface area contributed by atoms with E-state index >= 15 is 0 Å². The van der Waals surface area contributed by atoms with Gasteiger partial charge in [-0.25, -0.2) is 4.79 Å². The quantitative estimate of drug-likeness (QED) is 0.896. The number of nitrogens with zero attached hydrogens (tertiary/aromatic N) is 1. The van der Waals surface area contributed by atoms with Crippen LogP contribution >= 0.6 is 0 Å². The van der Waals surface area contributed by atoms with E-state index in [-0.39, 0.29) is 23.5 Å². The molecule has 1 fully saturated rings. The van der Waals surface area contributed by atoms with Crippen LogP contribution in [0.1, 0.15) is 27.2 Å². The normalized spacial score (nSPS) is 18.3. The number of amides is 3. The average molecular weight is 305 g/mol. The van der Waals surface area contributed by atoms with Gasteiger partial charge >= 0.3 is 6.03 Å². The molecule has 1 aliphatic heterocycles. The lowest BCUT2D eigenvalue weighted by Crippen LogP contribution is -2.50. The van der Waals surface area contributed by atoms with Crippen molar-refractivity contribution in [3.05, 3.63) is 24.3 Å². The number of hydrogen-bond acceptors (Lipinski definition) is 3. The first-order valence-electron chi connectivity index (χ1n) is 7.31. The fourth-order valence-corrected chi connectivity index (χ4v) is 2.39. The second-order valence-corrected chi connectivity index (χ2v) is 6.46. The zero-order valence-electron chi connectivity index (χ0n) is 13.5. The van der Waals surface area contributed by atoms with Crippen LogP contribution in [-0.4, -0.2) is 37.2 Å². The zero-order valence-corrected chi connectivity index (χ0v) is 13.5. The van der Waals surface area contributed by atoms with Crippen LogP contribution in [0.25, 0.3) is 0 Å². The van der Waals surface area contributed by atoms with Gasteiger partial charge in [0.25, 0.3) is 0 Å². The molecule has 120 valence electrons. The maximum absolute atomic E-state index is 12.2. The molecule has 0 spiro atoms. The molecule has 1 aliphatic rings. The van der Waals surface area contributed by atoms with Crippen LogP contribution in [0.15, 0.2) is 24.3 Å². The van der Waals surface area contributed by atoms with Crippen molar-refractivity contribution in [1.29, 1.82) is 0 Å². The number of ether oxygens (including phenoxy) is 1. The maximum atomic E-state index is 12.2. The van der Waals surface area contributed by atoms with Crippen molar-refractivity contribution in [2.45, 2.75) is 38.8 Å². The highest BCUT2D eigenvalue weighted by Crippen LogP contribution is 2.25. The van der Waals surface area contributed by atoms with E-state index in [0.717, 1.165) is 5.69 Å². The first-order valence-corrected chi connectivity index (χ1v) is 7.31. The smallest absolute Gasteiger partial charge is 0.315 e. The fourth-order valence-electron chi connectivity index (χ4n) is 2.39. The summed E-state index contributed by atoms with van der Waals surface area (Å²) in [5.41, 5.74) is 0.476. The first-order chi connectivity index (χ1) is 10.3. The minimum absolute atomic E-state index is 0.00527. The molecule has 6 nitrogen and oxygen atoms in total. The van der Waals surface area contributed by atoms with Crippen LogP contribution in [-0.2, 0) is 4.79 Å². The molecule has 0 radical (unpaired) electrons. The molecule has 0 aliphatic carbocycles. The van der Waals surface area contributed by atoms with Crippen LogP contribution in [0, 0.1) is 0 Å². The molecule has 6 heteroatoms. The van der Waals surface area contributed by atoms with Gasteiger partial charge in [-0.05, 0) is 32.9 Å². The number of hydrogen-bond donors (Lipinski definition) is 2. The number of urea groups is 1. The molecule has 1 aromatic carbocycles. The van der Waals surface area contributed by atoms with Crippen LogP contribution in [0.3, 0.4) is 0 Å². The molecular formula is C16H23N3O3. The summed E-state index contributed by atoms with van der Waals surface area (Å²) in [5.74, 6) is 0.696. The second-order valence-electron chi connectivity index (χ2n) is 6.46. The van der Waals surface area contributed by atoms with Crippen LogP contribution in [0.2, 0.25) is 0 Å². The summed E-state index contributed by atoms with van der Waals surface area (Å²) in [6.45, 7) is 6.20. The van der Waals surface area contributed by atoms with Crippen molar-refractivity contribution >= 4 is 17.6 Å². The molecule has 2 rings (SSSR count). The largest absolute Gasteiger partial charge is 0.497 e. The molecule has 1 aromatic rings. The summed E-state index contributed by atoms with van der Waals surface area (Å²) in [4.78, 5) is 25.7. The highest BCUT2D eigenvalue weighted by molar-refractivity contribution is 5.97. The SMILES string of the molecule is COc1cccc(N2CC(NC(=O)NC(C)(C)C)CC2=O)c1. The van der Waals surface area contributed by atoms with Gasteiger partial charge in [0.05, 0.1) is 13.2 Å². The lowest BCUT2D eigenvalue weighted by Gasteiger charge is -2.23. The molecule has 1 heterocycles. The van der Waals surface area contributed by atoms with Gasteiger partial charge < -0.3 is 20.3 Å². The van der Waals surface area contributed by atoms with Crippen molar-refractivity contribution < 1.29 is 14.3 Å². The highest BCUT2D eigenvalue weighted by atomic mass is 16.5. The van der Waals surface area contributed by atoms with Gasteiger partial charge in [-0.1, -0.05) is 6.07 Å². The fraction of sp³-hybridized carbons (Fsp3) is 0.500. The number of nitrogens with one attached hydrogen (secondary N) is 2. The van der Waals surface area contributed by atoms with Gasteiger partial charge in [0.2, 0.25) is 5.91 Å². The molecule has 22 heavy (non-hydrogen) atoms. The second kappa shape index (κ2) is 6.25. The lowest BCUT2D eigenvalue weighted by molar-refractivity contribution is -0.117. The third kappa shape index (κ3) is 4.13. The van der Waals surface area contributed by atoms with Gasteiger partial charge in [0, 0.05) is 30.3 Å². The summed E-state index contributed by atoms with van der Waals surface area (Å²) < 4.78 is 5.18. The molecule has 0 bridgehead atoms. The van der Waals surface area contributed by atoms with Crippen LogP contribution in [0.4, 0.5) is 10.5 Å². The first kappa shape index (κ1) is 16.1. The third-order valence-corrected chi connectivity index (χ3v) is 3.31. The van der Waals surface area contributed by atoms with Gasteiger partial charge in [-0.2, -0.15) is 0 Å². The van der Waals surface area contributed by atoms with E-state index in [0.29, 0.717) is 18.7 Å². The molecule has 1 unspecified atom stereocenters. The lowest BCUT2D eigenvalue weighted by atomic mass is 10.1. The molecule has 1 saturated heterocycles. The number of carbonyl (C=O) groups excluding carboxylic acids is 2. The Morgan fingerprint density at radius 1 is 1.36 bits per heavy atom. The van der Waals surface area contributed by atoms with Gasteiger partial charge in [-0.15, -0.1) is 0 Å². The monoisotopic (exact) mass is 305 g/mol. The van der Waals surface area contributed by atoms with E-state index in [1.807, 2.05) is 45.0 Å². The molecular weight excluding hydrogens is 282 g/mol. The Morgan fingerprint density at radius 3 is 2.73 bits per heavy atom. The molecule has 3 amide bonds. The topological polar surface area (TPSA) is 70.7 Å². The predicted octanol–water partition coefficient (Wildman–Crippen LogP) is 1.90. The Hall–Kier alpha value is -2.24. The number of methoxy groups -OCH3 is 1. The van der Waals surface area contributed by atoms with Gasteiger partial charge in [0.15, 0.2) is 0 Å². The van der Waals surface area contributed by atoms with Gasteiger partial charge in [-0.3, -0.25) is 4.79 Å². The summed E-state index contributed by atoms with van der Waals surface area (Å²) in [6, 6.07) is 6.90. The van der Waals surface area contributed by atoms with Crippen LogP contribution < -0.4 is 20.3 Å². The van der Waals surface area contributed by atoms with E-state index < -0.39 is 0 Å². The summed E-state index contributed by atoms with van der Waals surface area (Å²) in [7, 11) is 1.59. The summed E-state index contributed by atoms with van der Waals surface area (Å²) in [5, 5.41) is 5.68. The average Bonchev–Trinajstić information content (AvgIpc) is 2.77. The predicted molar refractivity (Wildman–Crippen MR) is 85.2 cm³/mol. The highest BCUT2D eigenvalue weighted by Gasteiger charge is 2.32. The molecule has 0 saturated carbocycles. The van der Waals surface area contributed by atoms with E-state index in [9.17, 15) is 9.59 Å². The molecule has 2 N–H and O–H groups in total. The minimum Gasteiger partial charge on any atom is -0.497 e. The van der Waals surface area contributed by atoms with Crippen molar-refractivity contribution in [2.24, 2.45) is 0 Å². The van der Waals surface area contributed by atoms with Crippen LogP contribution in [0.5, 0.6) is 5.75 Å². The third-order valence-electron chi connectivity index (χ3n) is 3.31. The Morgan fingerprint density at radius 2 is 2.09 bits per heavy atom. The Labute approximate surface area is 130 Å². The Kier molecular flexibility index (Phi) is 4.59. The van der Waals surface area contributed by atoms with E-state index in [4.69, 9.17) is 4.74 Å². The zero-order chi connectivity index (χ0) is 16.3. The number of carbonyl (C=O) groups is 2. The van der Waals surface area contributed by atoms with Crippen molar-refractivity contribution in [2.75, 3.05) is 18.6 Å². The number of rotatable bonds is 3. The minimum atomic E-state index is -0.306. The van der Waals surface area contributed by atoms with Gasteiger partial charge in [0.1, 0.15) is 5.75 Å². The number of anilines is 1. The molecule has 0 aromatic heterocycles. The van der Waals surface area contributed by atoms with Crippen molar-refractivity contribution in [3.8, 4) is 5.75 Å². The number of benzene rings is 1. The van der Waals surface area contributed by atoms with Crippen molar-refractivity contribution in [1.82, 2.24) is 10.6 Å². The molecule has 1 atom stereocenters. The Bertz CT molecular complexity index is 566. The summed E-state index contributed by atoms with van der Waals surface area (Å²) >= 11 is 0. The standard InChI is InChI=1S/C16H23N3O3/c1-16(2,3)18-15(21)17-11-8-14(20)19(10-11)12-6-5-7-13(9-12)22-4/h5-7,9,11H,8,10H2,1-4H3,(H2,17,18,21). The van der Waals surface area contributed by atoms with E-state index in [1.165, 1.54) is 0 Å². The maximum Gasteiger partial charge on any atom is 0.315 e. The van der Waals surface area contributed by atoms with E-state index in [1.54, 1.807) is 12.0 Å². The summed E-state index contributed by atoms with van der Waals surface area (Å²) in [6.07, 6.45) is 0.300. The van der Waals surface area contributed by atoms with Crippen molar-refractivity contribution in [3.63, 3.8) is 0 Å². The Balaban J connectivity index is 2.00.